The van der Waals surface area contributed by atoms with Crippen LogP contribution in [0.5, 0.6) is 11.5 Å². The van der Waals surface area contributed by atoms with Crippen LogP contribution in [0.15, 0.2) is 12.1 Å². The molecule has 0 aliphatic rings. The first kappa shape index (κ1) is 10.9. The van der Waals surface area contributed by atoms with Gasteiger partial charge in [0.1, 0.15) is 0 Å². The Labute approximate surface area is 87.3 Å². The summed E-state index contributed by atoms with van der Waals surface area (Å²) in [6, 6.07) is 2.90. The van der Waals surface area contributed by atoms with Gasteiger partial charge in [0.15, 0.2) is 17.3 Å². The third-order valence-electron chi connectivity index (χ3n) is 1.88. The highest BCUT2D eigenvalue weighted by Gasteiger charge is 2.14. The molecule has 0 unspecified atom stereocenters. The van der Waals surface area contributed by atoms with E-state index in [9.17, 15) is 9.90 Å². The van der Waals surface area contributed by atoms with E-state index < -0.39 is 0 Å². The quantitative estimate of drug-likeness (QED) is 0.787. The second-order valence-corrected chi connectivity index (χ2v) is 3.22. The second-order valence-electron chi connectivity index (χ2n) is 2.78. The fourth-order valence-corrected chi connectivity index (χ4v) is 1.34. The summed E-state index contributed by atoms with van der Waals surface area (Å²) in [5.74, 6) is -0.0960. The van der Waals surface area contributed by atoms with Crippen molar-refractivity contribution in [3.05, 3.63) is 22.7 Å². The van der Waals surface area contributed by atoms with Crippen molar-refractivity contribution in [1.29, 1.82) is 0 Å². The zero-order valence-corrected chi connectivity index (χ0v) is 8.76. The third-order valence-corrected chi connectivity index (χ3v) is 2.10. The number of phenols is 1. The molecule has 0 fully saturated rings. The monoisotopic (exact) mass is 214 g/mol. The van der Waals surface area contributed by atoms with Gasteiger partial charge in [0.25, 0.3) is 0 Å². The number of Topliss-reactive ketones (excluding diaryl/α,β-unsaturated/α-hetero) is 1. The van der Waals surface area contributed by atoms with Gasteiger partial charge in [0.05, 0.1) is 12.7 Å². The summed E-state index contributed by atoms with van der Waals surface area (Å²) in [5, 5.41) is 9.98. The first-order valence-electron chi connectivity index (χ1n) is 4.19. The van der Waals surface area contributed by atoms with E-state index in [-0.39, 0.29) is 22.8 Å². The number of aromatic hydroxyl groups is 1. The van der Waals surface area contributed by atoms with Crippen LogP contribution in [0.1, 0.15) is 23.7 Å². The van der Waals surface area contributed by atoms with Gasteiger partial charge in [0.2, 0.25) is 0 Å². The van der Waals surface area contributed by atoms with Crippen molar-refractivity contribution in [3.8, 4) is 11.5 Å². The molecule has 0 bridgehead atoms. The minimum Gasteiger partial charge on any atom is -0.504 e. The van der Waals surface area contributed by atoms with Gasteiger partial charge in [-0.2, -0.15) is 0 Å². The van der Waals surface area contributed by atoms with Crippen molar-refractivity contribution in [1.82, 2.24) is 0 Å². The minimum atomic E-state index is -0.164. The highest BCUT2D eigenvalue weighted by Crippen LogP contribution is 2.33. The molecule has 0 heterocycles. The second kappa shape index (κ2) is 4.33. The summed E-state index contributed by atoms with van der Waals surface area (Å²) in [6.07, 6.45) is 0.317. The maximum absolute atomic E-state index is 11.4. The Bertz CT molecular complexity index is 361. The van der Waals surface area contributed by atoms with Crippen LogP contribution >= 0.6 is 11.6 Å². The van der Waals surface area contributed by atoms with Gasteiger partial charge in [0, 0.05) is 17.5 Å². The third kappa shape index (κ3) is 1.99. The van der Waals surface area contributed by atoms with Gasteiger partial charge < -0.3 is 9.84 Å². The molecule has 0 radical (unpaired) electrons. The molecule has 0 amide bonds. The minimum absolute atomic E-state index is 0.149. The van der Waals surface area contributed by atoms with Gasteiger partial charge in [-0.05, 0) is 6.07 Å². The molecule has 1 rings (SSSR count). The maximum Gasteiger partial charge on any atom is 0.168 e. The molecular formula is C10H11ClO3. The average molecular weight is 215 g/mol. The van der Waals surface area contributed by atoms with E-state index >= 15 is 0 Å². The van der Waals surface area contributed by atoms with E-state index in [1.54, 1.807) is 6.92 Å². The van der Waals surface area contributed by atoms with Crippen molar-refractivity contribution in [2.45, 2.75) is 13.3 Å². The van der Waals surface area contributed by atoms with Crippen LogP contribution in [-0.4, -0.2) is 18.0 Å². The normalized spacial score (nSPS) is 9.93. The van der Waals surface area contributed by atoms with E-state index in [0.717, 1.165) is 0 Å². The van der Waals surface area contributed by atoms with Crippen molar-refractivity contribution in [2.75, 3.05) is 7.11 Å². The van der Waals surface area contributed by atoms with E-state index in [1.807, 2.05) is 0 Å². The van der Waals surface area contributed by atoms with Gasteiger partial charge in [-0.15, -0.1) is 0 Å². The topological polar surface area (TPSA) is 46.5 Å². The molecule has 0 aliphatic carbocycles. The first-order valence-corrected chi connectivity index (χ1v) is 4.57. The number of benzene rings is 1. The summed E-state index contributed by atoms with van der Waals surface area (Å²) in [5.41, 5.74) is 0.205. The van der Waals surface area contributed by atoms with Crippen molar-refractivity contribution < 1.29 is 14.6 Å². The zero-order chi connectivity index (χ0) is 10.7. The number of ketones is 1. The molecule has 1 aromatic rings. The molecule has 3 nitrogen and oxygen atoms in total. The predicted molar refractivity (Wildman–Crippen MR) is 54.3 cm³/mol. The Balaban J connectivity index is 3.29. The molecule has 1 N–H and O–H groups in total. The van der Waals surface area contributed by atoms with Crippen LogP contribution in [0.3, 0.4) is 0 Å². The number of methoxy groups -OCH3 is 1. The Morgan fingerprint density at radius 1 is 1.57 bits per heavy atom. The van der Waals surface area contributed by atoms with Gasteiger partial charge >= 0.3 is 0 Å². The van der Waals surface area contributed by atoms with E-state index in [0.29, 0.717) is 11.4 Å². The Morgan fingerprint density at radius 3 is 2.71 bits per heavy atom. The number of halogens is 1. The lowest BCUT2D eigenvalue weighted by atomic mass is 10.1. The lowest BCUT2D eigenvalue weighted by Gasteiger charge is -2.07. The van der Waals surface area contributed by atoms with Crippen molar-refractivity contribution in [3.63, 3.8) is 0 Å². The summed E-state index contributed by atoms with van der Waals surface area (Å²) in [6.45, 7) is 1.72. The summed E-state index contributed by atoms with van der Waals surface area (Å²) < 4.78 is 4.87. The molecule has 76 valence electrons. The fraction of sp³-hybridized carbons (Fsp3) is 0.300. The molecule has 4 heteroatoms. The SMILES string of the molecule is CCC(=O)c1cc(Cl)cc(OC)c1O. The Kier molecular flexibility index (Phi) is 3.36. The summed E-state index contributed by atoms with van der Waals surface area (Å²) in [7, 11) is 1.41. The fourth-order valence-electron chi connectivity index (χ4n) is 1.13. The van der Waals surface area contributed by atoms with E-state index in [4.69, 9.17) is 16.3 Å². The summed E-state index contributed by atoms with van der Waals surface area (Å²) >= 11 is 5.76. The van der Waals surface area contributed by atoms with Crippen LogP contribution in [0.2, 0.25) is 5.02 Å². The van der Waals surface area contributed by atoms with Gasteiger partial charge in [-0.25, -0.2) is 0 Å². The Morgan fingerprint density at radius 2 is 2.21 bits per heavy atom. The number of hydrogen-bond donors (Lipinski definition) is 1. The number of carbonyl (C=O) groups excluding carboxylic acids is 1. The lowest BCUT2D eigenvalue weighted by molar-refractivity contribution is 0.0985. The largest absolute Gasteiger partial charge is 0.504 e. The highest BCUT2D eigenvalue weighted by molar-refractivity contribution is 6.31. The van der Waals surface area contributed by atoms with E-state index in [1.165, 1.54) is 19.2 Å². The van der Waals surface area contributed by atoms with Gasteiger partial charge in [-0.3, -0.25) is 4.79 Å². The molecular weight excluding hydrogens is 204 g/mol. The number of rotatable bonds is 3. The molecule has 0 aliphatic heterocycles. The highest BCUT2D eigenvalue weighted by atomic mass is 35.5. The zero-order valence-electron chi connectivity index (χ0n) is 8.00. The number of carbonyl (C=O) groups is 1. The average Bonchev–Trinajstić information content (AvgIpc) is 2.19. The summed E-state index contributed by atoms with van der Waals surface area (Å²) in [4.78, 5) is 11.4. The molecule has 0 saturated heterocycles. The van der Waals surface area contributed by atoms with Crippen LogP contribution in [0.4, 0.5) is 0 Å². The van der Waals surface area contributed by atoms with Gasteiger partial charge in [-0.1, -0.05) is 18.5 Å². The van der Waals surface area contributed by atoms with Crippen LogP contribution in [0.25, 0.3) is 0 Å². The van der Waals surface area contributed by atoms with Crippen LogP contribution in [-0.2, 0) is 0 Å². The van der Waals surface area contributed by atoms with Crippen molar-refractivity contribution >= 4 is 17.4 Å². The number of hydrogen-bond acceptors (Lipinski definition) is 3. The predicted octanol–water partition coefficient (Wildman–Crippen LogP) is 2.65. The smallest absolute Gasteiger partial charge is 0.168 e. The van der Waals surface area contributed by atoms with E-state index in [2.05, 4.69) is 0 Å². The molecule has 0 atom stereocenters. The molecule has 1 aromatic carbocycles. The number of ether oxygens (including phenoxy) is 1. The molecule has 0 saturated carbocycles. The van der Waals surface area contributed by atoms with Crippen LogP contribution in [0, 0.1) is 0 Å². The maximum atomic E-state index is 11.4. The van der Waals surface area contributed by atoms with Crippen LogP contribution < -0.4 is 4.74 Å². The molecule has 0 spiro atoms. The van der Waals surface area contributed by atoms with Crippen molar-refractivity contribution in [2.24, 2.45) is 0 Å². The Hall–Kier alpha value is -1.22. The standard InChI is InChI=1S/C10H11ClO3/c1-3-8(12)7-4-6(11)5-9(14-2)10(7)13/h4-5,13H,3H2,1-2H3. The number of phenolic OH excluding ortho intramolecular Hbond substituents is 1. The molecule has 0 aromatic heterocycles. The molecule has 14 heavy (non-hydrogen) atoms. The first-order chi connectivity index (χ1) is 6.60. The lowest BCUT2D eigenvalue weighted by Crippen LogP contribution is -1.98.